The molecule has 1 amide bonds. The number of likely N-dealkylation sites (tertiary alicyclic amines) is 1. The largest absolute Gasteiger partial charge is 0.341 e. The summed E-state index contributed by atoms with van der Waals surface area (Å²) in [4.78, 5) is 16.1. The monoisotopic (exact) mass is 254 g/mol. The molecule has 1 heterocycles. The number of rotatable bonds is 4. The van der Waals surface area contributed by atoms with Gasteiger partial charge in [-0.05, 0) is 32.2 Å². The molecule has 0 aromatic heterocycles. The minimum Gasteiger partial charge on any atom is -0.341 e. The van der Waals surface area contributed by atoms with Crippen LogP contribution in [0, 0.1) is 5.41 Å². The highest BCUT2D eigenvalue weighted by atomic mass is 16.2. The van der Waals surface area contributed by atoms with Gasteiger partial charge in [-0.2, -0.15) is 0 Å². The number of hydrogen-bond acceptors (Lipinski definition) is 2. The molecule has 1 aliphatic heterocycles. The van der Waals surface area contributed by atoms with Gasteiger partial charge >= 0.3 is 0 Å². The second kappa shape index (κ2) is 5.20. The Morgan fingerprint density at radius 1 is 1.28 bits per heavy atom. The van der Waals surface area contributed by atoms with Crippen molar-refractivity contribution >= 4 is 5.91 Å². The summed E-state index contributed by atoms with van der Waals surface area (Å²) in [6, 6.07) is 0.388. The molecule has 0 saturated carbocycles. The van der Waals surface area contributed by atoms with Crippen LogP contribution in [-0.4, -0.2) is 47.4 Å². The van der Waals surface area contributed by atoms with Gasteiger partial charge in [-0.25, -0.2) is 0 Å². The maximum absolute atomic E-state index is 11.6. The van der Waals surface area contributed by atoms with Crippen molar-refractivity contribution in [3.8, 4) is 0 Å². The molecule has 0 radical (unpaired) electrons. The summed E-state index contributed by atoms with van der Waals surface area (Å²) in [6.07, 6.45) is 1.72. The molecule has 0 N–H and O–H groups in total. The number of amides is 1. The van der Waals surface area contributed by atoms with E-state index in [1.54, 1.807) is 0 Å². The van der Waals surface area contributed by atoms with E-state index in [-0.39, 0.29) is 11.0 Å². The highest BCUT2D eigenvalue weighted by Gasteiger charge is 2.40. The first-order chi connectivity index (χ1) is 8.11. The van der Waals surface area contributed by atoms with Crippen LogP contribution in [0.3, 0.4) is 0 Å². The van der Waals surface area contributed by atoms with E-state index in [4.69, 9.17) is 0 Å². The number of likely N-dealkylation sites (N-methyl/N-ethyl adjacent to an activating group) is 2. The molecule has 18 heavy (non-hydrogen) atoms. The van der Waals surface area contributed by atoms with Gasteiger partial charge < -0.3 is 4.90 Å². The fraction of sp³-hybridized carbons (Fsp3) is 0.933. The third-order valence-corrected chi connectivity index (χ3v) is 5.07. The Balaban J connectivity index is 2.77. The standard InChI is InChI=1S/C15H30N2O/c1-8-17(15(5,6)14(2,3)4)11-12-9-10-13(18)16(12)7/h12H,8-11H2,1-7H3/t12-/m1/s1. The van der Waals surface area contributed by atoms with Crippen LogP contribution in [0.25, 0.3) is 0 Å². The molecule has 0 aromatic carbocycles. The molecule has 1 fully saturated rings. The summed E-state index contributed by atoms with van der Waals surface area (Å²) in [6.45, 7) is 15.7. The molecule has 0 bridgehead atoms. The van der Waals surface area contributed by atoms with E-state index >= 15 is 0 Å². The number of carbonyl (C=O) groups is 1. The Labute approximate surface area is 113 Å². The Morgan fingerprint density at radius 3 is 2.17 bits per heavy atom. The second-order valence-electron chi connectivity index (χ2n) is 7.04. The molecule has 106 valence electrons. The number of carbonyl (C=O) groups excluding carboxylic acids is 1. The fourth-order valence-electron chi connectivity index (χ4n) is 2.56. The summed E-state index contributed by atoms with van der Waals surface area (Å²) in [7, 11) is 1.94. The molecule has 1 aliphatic rings. The van der Waals surface area contributed by atoms with Crippen LogP contribution in [0.15, 0.2) is 0 Å². The molecule has 3 nitrogen and oxygen atoms in total. The van der Waals surface area contributed by atoms with Crippen molar-refractivity contribution in [1.82, 2.24) is 9.80 Å². The zero-order chi connectivity index (χ0) is 14.1. The van der Waals surface area contributed by atoms with E-state index in [0.717, 1.165) is 19.5 Å². The van der Waals surface area contributed by atoms with Gasteiger partial charge in [0.05, 0.1) is 0 Å². The SMILES string of the molecule is CCN(C[C@H]1CCC(=O)N1C)C(C)(C)C(C)(C)C. The summed E-state index contributed by atoms with van der Waals surface area (Å²) in [5.41, 5.74) is 0.360. The lowest BCUT2D eigenvalue weighted by molar-refractivity contribution is -0.128. The summed E-state index contributed by atoms with van der Waals surface area (Å²) < 4.78 is 0. The molecule has 1 atom stereocenters. The molecule has 3 heteroatoms. The van der Waals surface area contributed by atoms with E-state index in [1.165, 1.54) is 0 Å². The lowest BCUT2D eigenvalue weighted by Crippen LogP contribution is -2.56. The molecule has 1 rings (SSSR count). The van der Waals surface area contributed by atoms with E-state index in [0.29, 0.717) is 18.4 Å². The minimum atomic E-state index is 0.133. The van der Waals surface area contributed by atoms with Crippen LogP contribution in [0.1, 0.15) is 54.4 Å². The summed E-state index contributed by atoms with van der Waals surface area (Å²) >= 11 is 0. The Bertz CT molecular complexity index is 304. The topological polar surface area (TPSA) is 23.6 Å². The molecule has 0 unspecified atom stereocenters. The van der Waals surface area contributed by atoms with Crippen LogP contribution < -0.4 is 0 Å². The van der Waals surface area contributed by atoms with Gasteiger partial charge in [0.15, 0.2) is 0 Å². The van der Waals surface area contributed by atoms with Crippen LogP contribution in [0.4, 0.5) is 0 Å². The first-order valence-electron chi connectivity index (χ1n) is 7.12. The van der Waals surface area contributed by atoms with Crippen LogP contribution in [-0.2, 0) is 4.79 Å². The van der Waals surface area contributed by atoms with E-state index in [2.05, 4.69) is 46.4 Å². The Morgan fingerprint density at radius 2 is 1.83 bits per heavy atom. The second-order valence-corrected chi connectivity index (χ2v) is 7.04. The molecule has 0 spiro atoms. The van der Waals surface area contributed by atoms with Crippen LogP contribution in [0.5, 0.6) is 0 Å². The van der Waals surface area contributed by atoms with Gasteiger partial charge in [-0.3, -0.25) is 9.69 Å². The number of hydrogen-bond donors (Lipinski definition) is 0. The van der Waals surface area contributed by atoms with Crippen molar-refractivity contribution in [3.63, 3.8) is 0 Å². The van der Waals surface area contributed by atoms with E-state index in [1.807, 2.05) is 11.9 Å². The third kappa shape index (κ3) is 2.87. The van der Waals surface area contributed by atoms with Gasteiger partial charge in [-0.15, -0.1) is 0 Å². The molecule has 0 aliphatic carbocycles. The fourth-order valence-corrected chi connectivity index (χ4v) is 2.56. The van der Waals surface area contributed by atoms with Gasteiger partial charge in [0.2, 0.25) is 5.91 Å². The average molecular weight is 254 g/mol. The van der Waals surface area contributed by atoms with E-state index < -0.39 is 0 Å². The molecule has 0 aromatic rings. The third-order valence-electron chi connectivity index (χ3n) is 5.07. The maximum atomic E-state index is 11.6. The minimum absolute atomic E-state index is 0.133. The summed E-state index contributed by atoms with van der Waals surface area (Å²) in [5, 5.41) is 0. The van der Waals surface area contributed by atoms with Gasteiger partial charge in [0, 0.05) is 31.6 Å². The lowest BCUT2D eigenvalue weighted by Gasteiger charge is -2.48. The van der Waals surface area contributed by atoms with Crippen LogP contribution >= 0.6 is 0 Å². The number of nitrogens with zero attached hydrogens (tertiary/aromatic N) is 2. The predicted molar refractivity (Wildman–Crippen MR) is 76.6 cm³/mol. The van der Waals surface area contributed by atoms with Gasteiger partial charge in [0.25, 0.3) is 0 Å². The van der Waals surface area contributed by atoms with Crippen molar-refractivity contribution in [3.05, 3.63) is 0 Å². The van der Waals surface area contributed by atoms with Gasteiger partial charge in [0.1, 0.15) is 0 Å². The maximum Gasteiger partial charge on any atom is 0.222 e. The zero-order valence-corrected chi connectivity index (χ0v) is 13.2. The van der Waals surface area contributed by atoms with Gasteiger partial charge in [-0.1, -0.05) is 27.7 Å². The first-order valence-corrected chi connectivity index (χ1v) is 7.12. The molecule has 1 saturated heterocycles. The van der Waals surface area contributed by atoms with Crippen molar-refractivity contribution in [2.75, 3.05) is 20.1 Å². The van der Waals surface area contributed by atoms with Crippen molar-refractivity contribution in [2.45, 2.75) is 66.0 Å². The molecular weight excluding hydrogens is 224 g/mol. The zero-order valence-electron chi connectivity index (χ0n) is 13.2. The highest BCUT2D eigenvalue weighted by Crippen LogP contribution is 2.35. The quantitative estimate of drug-likeness (QED) is 0.770. The van der Waals surface area contributed by atoms with E-state index in [9.17, 15) is 4.79 Å². The van der Waals surface area contributed by atoms with Crippen molar-refractivity contribution < 1.29 is 4.79 Å². The van der Waals surface area contributed by atoms with Crippen molar-refractivity contribution in [2.24, 2.45) is 5.41 Å². The first kappa shape index (κ1) is 15.5. The summed E-state index contributed by atoms with van der Waals surface area (Å²) in [5.74, 6) is 0.296. The van der Waals surface area contributed by atoms with Crippen molar-refractivity contribution in [1.29, 1.82) is 0 Å². The van der Waals surface area contributed by atoms with Crippen LogP contribution in [0.2, 0.25) is 0 Å². The Hall–Kier alpha value is -0.570. The highest BCUT2D eigenvalue weighted by molar-refractivity contribution is 5.78. The average Bonchev–Trinajstić information content (AvgIpc) is 2.55. The Kier molecular flexibility index (Phi) is 4.47. The predicted octanol–water partition coefficient (Wildman–Crippen LogP) is 2.75. The molecular formula is C15H30N2O. The smallest absolute Gasteiger partial charge is 0.222 e. The normalized spacial score (nSPS) is 22.1. The lowest BCUT2D eigenvalue weighted by atomic mass is 9.75.